The van der Waals surface area contributed by atoms with Crippen LogP contribution in [0.1, 0.15) is 28.4 Å². The second-order valence-corrected chi connectivity index (χ2v) is 5.47. The molecule has 21 heavy (non-hydrogen) atoms. The average Bonchev–Trinajstić information content (AvgIpc) is 3.35. The van der Waals surface area contributed by atoms with E-state index in [1.54, 1.807) is 6.20 Å². The highest BCUT2D eigenvalue weighted by atomic mass is 16.1. The number of aromatic nitrogens is 2. The average molecular weight is 274 g/mol. The van der Waals surface area contributed by atoms with Crippen LogP contribution in [0, 0.1) is 5.92 Å². The second kappa shape index (κ2) is 4.77. The third-order valence-electron chi connectivity index (χ3n) is 4.06. The van der Waals surface area contributed by atoms with Crippen LogP contribution in [0.15, 0.2) is 60.8 Å². The fourth-order valence-corrected chi connectivity index (χ4v) is 2.82. The van der Waals surface area contributed by atoms with Gasteiger partial charge in [-0.1, -0.05) is 42.5 Å². The summed E-state index contributed by atoms with van der Waals surface area (Å²) in [4.78, 5) is 21.3. The molecule has 102 valence electrons. The molecule has 1 aromatic heterocycles. The first-order valence-corrected chi connectivity index (χ1v) is 7.14. The molecule has 0 N–H and O–H groups in total. The monoisotopic (exact) mass is 274 g/mol. The van der Waals surface area contributed by atoms with Gasteiger partial charge in [-0.05, 0) is 30.0 Å². The van der Waals surface area contributed by atoms with Gasteiger partial charge in [-0.2, -0.15) is 0 Å². The minimum Gasteiger partial charge on any atom is -0.292 e. The van der Waals surface area contributed by atoms with Crippen molar-refractivity contribution in [1.82, 2.24) is 9.97 Å². The summed E-state index contributed by atoms with van der Waals surface area (Å²) in [5.74, 6) is 0.511. The van der Waals surface area contributed by atoms with Crippen LogP contribution in [-0.2, 0) is 0 Å². The van der Waals surface area contributed by atoms with Crippen LogP contribution in [-0.4, -0.2) is 15.8 Å². The summed E-state index contributed by atoms with van der Waals surface area (Å²) in [7, 11) is 0. The van der Waals surface area contributed by atoms with Crippen molar-refractivity contribution >= 4 is 16.8 Å². The molecule has 1 saturated carbocycles. The van der Waals surface area contributed by atoms with Gasteiger partial charge < -0.3 is 0 Å². The van der Waals surface area contributed by atoms with Gasteiger partial charge in [0.1, 0.15) is 5.69 Å². The minimum absolute atomic E-state index is 0.0582. The Morgan fingerprint density at radius 2 is 1.67 bits per heavy atom. The number of benzene rings is 2. The molecule has 2 atom stereocenters. The van der Waals surface area contributed by atoms with Gasteiger partial charge in [-0.25, -0.2) is 4.98 Å². The number of ketones is 1. The van der Waals surface area contributed by atoms with Gasteiger partial charge in [-0.3, -0.25) is 9.78 Å². The predicted octanol–water partition coefficient (Wildman–Crippen LogP) is 3.62. The van der Waals surface area contributed by atoms with Crippen molar-refractivity contribution in [2.45, 2.75) is 12.3 Å². The van der Waals surface area contributed by atoms with Crippen LogP contribution in [0.5, 0.6) is 0 Å². The summed E-state index contributed by atoms with van der Waals surface area (Å²) < 4.78 is 0. The first kappa shape index (κ1) is 12.2. The van der Waals surface area contributed by atoms with Crippen molar-refractivity contribution in [2.24, 2.45) is 5.92 Å². The fourth-order valence-electron chi connectivity index (χ4n) is 2.82. The summed E-state index contributed by atoms with van der Waals surface area (Å²) in [5.41, 5.74) is 3.33. The maximum absolute atomic E-state index is 12.5. The summed E-state index contributed by atoms with van der Waals surface area (Å²) in [6.45, 7) is 0. The molecule has 1 fully saturated rings. The lowest BCUT2D eigenvalue weighted by Crippen LogP contribution is -2.06. The highest BCUT2D eigenvalue weighted by Crippen LogP contribution is 2.48. The van der Waals surface area contributed by atoms with Crippen molar-refractivity contribution < 1.29 is 4.79 Å². The third-order valence-corrected chi connectivity index (χ3v) is 4.06. The van der Waals surface area contributed by atoms with Gasteiger partial charge in [0.05, 0.1) is 17.2 Å². The molecule has 0 spiro atoms. The molecular weight excluding hydrogens is 260 g/mol. The molecule has 2 aromatic carbocycles. The summed E-state index contributed by atoms with van der Waals surface area (Å²) in [5, 5.41) is 0. The Bertz CT molecular complexity index is 814. The van der Waals surface area contributed by atoms with Crippen molar-refractivity contribution in [3.05, 3.63) is 72.1 Å². The number of fused-ring (bicyclic) bond motifs is 1. The van der Waals surface area contributed by atoms with Crippen LogP contribution >= 0.6 is 0 Å². The molecule has 0 saturated heterocycles. The second-order valence-electron chi connectivity index (χ2n) is 5.47. The van der Waals surface area contributed by atoms with Crippen LogP contribution < -0.4 is 0 Å². The topological polar surface area (TPSA) is 42.9 Å². The minimum atomic E-state index is 0.0582. The van der Waals surface area contributed by atoms with E-state index in [2.05, 4.69) is 22.1 Å². The van der Waals surface area contributed by atoms with Crippen LogP contribution in [0.2, 0.25) is 0 Å². The Labute approximate surface area is 122 Å². The van der Waals surface area contributed by atoms with E-state index in [1.807, 2.05) is 42.5 Å². The molecule has 0 aliphatic heterocycles. The third kappa shape index (κ3) is 2.21. The van der Waals surface area contributed by atoms with Crippen LogP contribution in [0.25, 0.3) is 11.0 Å². The number of carbonyl (C=O) groups is 1. The maximum Gasteiger partial charge on any atom is 0.186 e. The summed E-state index contributed by atoms with van der Waals surface area (Å²) in [6.07, 6.45) is 2.52. The molecule has 4 rings (SSSR count). The summed E-state index contributed by atoms with van der Waals surface area (Å²) >= 11 is 0. The number of rotatable bonds is 3. The Morgan fingerprint density at radius 1 is 0.952 bits per heavy atom. The number of hydrogen-bond acceptors (Lipinski definition) is 3. The number of nitrogens with zero attached hydrogens (tertiary/aromatic N) is 2. The van der Waals surface area contributed by atoms with Crippen LogP contribution in [0.3, 0.4) is 0 Å². The van der Waals surface area contributed by atoms with Gasteiger partial charge in [0.2, 0.25) is 0 Å². The predicted molar refractivity (Wildman–Crippen MR) is 81.2 cm³/mol. The van der Waals surface area contributed by atoms with Crippen LogP contribution in [0.4, 0.5) is 0 Å². The van der Waals surface area contributed by atoms with Crippen molar-refractivity contribution in [2.75, 3.05) is 0 Å². The van der Waals surface area contributed by atoms with Crippen molar-refractivity contribution in [1.29, 1.82) is 0 Å². The van der Waals surface area contributed by atoms with Gasteiger partial charge >= 0.3 is 0 Å². The molecule has 3 heteroatoms. The normalized spacial score (nSPS) is 20.4. The molecule has 0 bridgehead atoms. The van der Waals surface area contributed by atoms with E-state index in [1.165, 1.54) is 5.56 Å². The Kier molecular flexibility index (Phi) is 2.78. The zero-order valence-electron chi connectivity index (χ0n) is 11.4. The fraction of sp³-hybridized carbons (Fsp3) is 0.167. The Hall–Kier alpha value is -2.55. The maximum atomic E-state index is 12.5. The molecule has 0 radical (unpaired) electrons. The van der Waals surface area contributed by atoms with Crippen molar-refractivity contribution in [3.63, 3.8) is 0 Å². The lowest BCUT2D eigenvalue weighted by Gasteiger charge is -2.02. The van der Waals surface area contributed by atoms with E-state index in [0.29, 0.717) is 11.6 Å². The highest BCUT2D eigenvalue weighted by molar-refractivity contribution is 5.99. The Balaban J connectivity index is 1.60. The highest BCUT2D eigenvalue weighted by Gasteiger charge is 2.44. The van der Waals surface area contributed by atoms with E-state index in [9.17, 15) is 4.79 Å². The first-order valence-electron chi connectivity index (χ1n) is 7.14. The summed E-state index contributed by atoms with van der Waals surface area (Å²) in [6, 6.07) is 17.8. The number of hydrogen-bond donors (Lipinski definition) is 0. The molecule has 1 heterocycles. The zero-order chi connectivity index (χ0) is 14.2. The molecule has 0 amide bonds. The number of para-hydroxylation sites is 2. The van der Waals surface area contributed by atoms with Gasteiger partial charge in [-0.15, -0.1) is 0 Å². The lowest BCUT2D eigenvalue weighted by atomic mass is 10.1. The first-order chi connectivity index (χ1) is 10.3. The van der Waals surface area contributed by atoms with Gasteiger partial charge in [0, 0.05) is 5.92 Å². The van der Waals surface area contributed by atoms with Gasteiger partial charge in [0.25, 0.3) is 0 Å². The Morgan fingerprint density at radius 3 is 2.48 bits per heavy atom. The van der Waals surface area contributed by atoms with E-state index in [4.69, 9.17) is 0 Å². The van der Waals surface area contributed by atoms with E-state index in [0.717, 1.165) is 17.5 Å². The number of Topliss-reactive ketones (excluding diaryl/α,β-unsaturated/α-hetero) is 1. The molecule has 1 aliphatic rings. The van der Waals surface area contributed by atoms with E-state index in [-0.39, 0.29) is 11.7 Å². The standard InChI is InChI=1S/C18H14N2O/c21-18(14-10-13(14)12-6-2-1-3-7-12)17-11-19-15-8-4-5-9-16(15)20-17/h1-9,11,13-14H,10H2. The zero-order valence-corrected chi connectivity index (χ0v) is 11.4. The lowest BCUT2D eigenvalue weighted by molar-refractivity contribution is 0.0960. The largest absolute Gasteiger partial charge is 0.292 e. The molecular formula is C18H14N2O. The molecule has 2 unspecified atom stereocenters. The van der Waals surface area contributed by atoms with E-state index >= 15 is 0 Å². The SMILES string of the molecule is O=C(c1cnc2ccccc2n1)C1CC1c1ccccc1. The van der Waals surface area contributed by atoms with E-state index < -0.39 is 0 Å². The molecule has 3 nitrogen and oxygen atoms in total. The molecule has 3 aromatic rings. The van der Waals surface area contributed by atoms with Gasteiger partial charge in [0.15, 0.2) is 5.78 Å². The van der Waals surface area contributed by atoms with Crippen molar-refractivity contribution in [3.8, 4) is 0 Å². The number of carbonyl (C=O) groups excluding carboxylic acids is 1. The smallest absolute Gasteiger partial charge is 0.186 e. The quantitative estimate of drug-likeness (QED) is 0.685. The molecule has 1 aliphatic carbocycles.